The van der Waals surface area contributed by atoms with Gasteiger partial charge in [-0.1, -0.05) is 50.5 Å². The minimum atomic E-state index is -0.554. The van der Waals surface area contributed by atoms with Crippen LogP contribution in [0.2, 0.25) is 0 Å². The molecule has 1 saturated carbocycles. The summed E-state index contributed by atoms with van der Waals surface area (Å²) in [5, 5.41) is 22.6. The van der Waals surface area contributed by atoms with Gasteiger partial charge in [-0.3, -0.25) is 24.1 Å². The fourth-order valence-corrected chi connectivity index (χ4v) is 8.45. The van der Waals surface area contributed by atoms with Crippen molar-refractivity contribution in [3.05, 3.63) is 59.7 Å². The molecule has 4 aliphatic rings. The Morgan fingerprint density at radius 1 is 0.755 bits per heavy atom. The Bertz CT molecular complexity index is 1480. The predicted octanol–water partition coefficient (Wildman–Crippen LogP) is 3.07. The topological polar surface area (TPSA) is 134 Å². The Hall–Kier alpha value is -4.12. The fraction of sp³-hybridized carbons (Fsp3) is 0.579. The first-order chi connectivity index (χ1) is 23.7. The SMILES string of the molecule is CCCC1CNC(=O)C(=O)N1CC1CCCN1CC(Cc1ccc(O)cc1)N1CC(Cc2ccc(O)cc2)N(CC2CCCC2)C(=O)C1=O. The molecule has 0 aromatic heterocycles. The smallest absolute Gasteiger partial charge is 0.312 e. The number of carbonyl (C=O) groups excluding carboxylic acids is 4. The van der Waals surface area contributed by atoms with Crippen LogP contribution in [0.15, 0.2) is 48.5 Å². The van der Waals surface area contributed by atoms with E-state index in [9.17, 15) is 29.4 Å². The molecule has 2 aromatic rings. The second-order valence-corrected chi connectivity index (χ2v) is 14.5. The second-order valence-electron chi connectivity index (χ2n) is 14.5. The first kappa shape index (κ1) is 34.7. The molecule has 2 aromatic carbocycles. The van der Waals surface area contributed by atoms with Gasteiger partial charge in [-0.25, -0.2) is 0 Å². The van der Waals surface area contributed by atoms with E-state index in [-0.39, 0.29) is 35.7 Å². The van der Waals surface area contributed by atoms with Crippen molar-refractivity contribution in [2.24, 2.45) is 5.92 Å². The number of rotatable bonds is 13. The van der Waals surface area contributed by atoms with Crippen LogP contribution in [-0.2, 0) is 32.0 Å². The molecule has 3 N–H and O–H groups in total. The summed E-state index contributed by atoms with van der Waals surface area (Å²) in [6.45, 7) is 5.27. The van der Waals surface area contributed by atoms with E-state index in [4.69, 9.17) is 0 Å². The average molecular weight is 674 g/mol. The molecule has 3 heterocycles. The number of piperazine rings is 2. The van der Waals surface area contributed by atoms with Gasteiger partial charge in [0.15, 0.2) is 0 Å². The fourth-order valence-electron chi connectivity index (χ4n) is 8.45. The number of phenolic OH excluding ortho intramolecular Hbond substituents is 2. The van der Waals surface area contributed by atoms with Gasteiger partial charge in [-0.05, 0) is 92.8 Å². The Labute approximate surface area is 289 Å². The first-order valence-electron chi connectivity index (χ1n) is 18.2. The van der Waals surface area contributed by atoms with Gasteiger partial charge in [0.2, 0.25) is 0 Å². The number of hydrogen-bond donors (Lipinski definition) is 3. The lowest BCUT2D eigenvalue weighted by atomic mass is 9.96. The van der Waals surface area contributed by atoms with E-state index in [1.54, 1.807) is 34.1 Å². The van der Waals surface area contributed by atoms with Crippen molar-refractivity contribution in [2.75, 3.05) is 39.3 Å². The van der Waals surface area contributed by atoms with E-state index in [0.29, 0.717) is 51.5 Å². The number of phenols is 2. The lowest BCUT2D eigenvalue weighted by molar-refractivity contribution is -0.162. The summed E-state index contributed by atoms with van der Waals surface area (Å²) in [4.78, 5) is 61.3. The minimum Gasteiger partial charge on any atom is -0.508 e. The summed E-state index contributed by atoms with van der Waals surface area (Å²) in [6.07, 6.45) is 9.02. The average Bonchev–Trinajstić information content (AvgIpc) is 3.78. The van der Waals surface area contributed by atoms with Crippen LogP contribution in [0.3, 0.4) is 0 Å². The zero-order valence-electron chi connectivity index (χ0n) is 28.6. The molecule has 0 bridgehead atoms. The van der Waals surface area contributed by atoms with E-state index >= 15 is 0 Å². The third kappa shape index (κ3) is 8.20. The van der Waals surface area contributed by atoms with Crippen LogP contribution in [0.5, 0.6) is 11.5 Å². The third-order valence-corrected chi connectivity index (χ3v) is 11.1. The number of likely N-dealkylation sites (tertiary alicyclic amines) is 1. The predicted molar refractivity (Wildman–Crippen MR) is 185 cm³/mol. The van der Waals surface area contributed by atoms with Crippen molar-refractivity contribution in [2.45, 2.75) is 95.3 Å². The monoisotopic (exact) mass is 673 g/mol. The van der Waals surface area contributed by atoms with E-state index in [1.807, 2.05) is 29.2 Å². The van der Waals surface area contributed by atoms with Gasteiger partial charge >= 0.3 is 23.6 Å². The summed E-state index contributed by atoms with van der Waals surface area (Å²) >= 11 is 0. The summed E-state index contributed by atoms with van der Waals surface area (Å²) < 4.78 is 0. The molecule has 264 valence electrons. The lowest BCUT2D eigenvalue weighted by Crippen LogP contribution is -2.65. The maximum Gasteiger partial charge on any atom is 0.312 e. The molecule has 4 unspecified atom stereocenters. The van der Waals surface area contributed by atoms with Crippen LogP contribution < -0.4 is 5.32 Å². The molecular weight excluding hydrogens is 622 g/mol. The van der Waals surface area contributed by atoms with Gasteiger partial charge in [-0.2, -0.15) is 0 Å². The molecule has 3 saturated heterocycles. The van der Waals surface area contributed by atoms with Gasteiger partial charge in [0.1, 0.15) is 11.5 Å². The second kappa shape index (κ2) is 15.6. The van der Waals surface area contributed by atoms with Crippen LogP contribution in [0, 0.1) is 5.92 Å². The van der Waals surface area contributed by atoms with E-state index < -0.39 is 23.6 Å². The van der Waals surface area contributed by atoms with Crippen LogP contribution in [0.4, 0.5) is 0 Å². The van der Waals surface area contributed by atoms with Crippen molar-refractivity contribution in [1.29, 1.82) is 0 Å². The van der Waals surface area contributed by atoms with Crippen molar-refractivity contribution in [1.82, 2.24) is 24.9 Å². The van der Waals surface area contributed by atoms with Gasteiger partial charge in [-0.15, -0.1) is 0 Å². The number of nitrogens with one attached hydrogen (secondary N) is 1. The summed E-state index contributed by atoms with van der Waals surface area (Å²) in [6, 6.07) is 13.5. The molecule has 1 aliphatic carbocycles. The quantitative estimate of drug-likeness (QED) is 0.279. The summed E-state index contributed by atoms with van der Waals surface area (Å²) in [5.41, 5.74) is 1.95. The highest BCUT2D eigenvalue weighted by molar-refractivity contribution is 6.36. The van der Waals surface area contributed by atoms with Crippen LogP contribution in [0.1, 0.15) is 69.4 Å². The molecule has 11 heteroatoms. The van der Waals surface area contributed by atoms with Crippen molar-refractivity contribution >= 4 is 23.6 Å². The molecule has 4 atom stereocenters. The number of benzene rings is 2. The zero-order valence-corrected chi connectivity index (χ0v) is 28.6. The number of aromatic hydroxyl groups is 2. The summed E-state index contributed by atoms with van der Waals surface area (Å²) in [7, 11) is 0. The molecule has 49 heavy (non-hydrogen) atoms. The van der Waals surface area contributed by atoms with Gasteiger partial charge < -0.3 is 30.2 Å². The highest BCUT2D eigenvalue weighted by atomic mass is 16.3. The van der Waals surface area contributed by atoms with Gasteiger partial charge in [0, 0.05) is 50.8 Å². The molecule has 3 aliphatic heterocycles. The maximum atomic E-state index is 14.1. The maximum absolute atomic E-state index is 14.1. The largest absolute Gasteiger partial charge is 0.508 e. The molecular formula is C38H51N5O6. The van der Waals surface area contributed by atoms with Crippen molar-refractivity contribution < 1.29 is 29.4 Å². The highest BCUT2D eigenvalue weighted by Crippen LogP contribution is 2.30. The molecule has 4 amide bonds. The Kier molecular flexibility index (Phi) is 11.1. The van der Waals surface area contributed by atoms with Gasteiger partial charge in [0.05, 0.1) is 6.04 Å². The molecule has 0 radical (unpaired) electrons. The van der Waals surface area contributed by atoms with Crippen LogP contribution in [-0.4, -0.2) is 117 Å². The molecule has 4 fully saturated rings. The lowest BCUT2D eigenvalue weighted by Gasteiger charge is -2.46. The zero-order chi connectivity index (χ0) is 34.5. The Morgan fingerprint density at radius 2 is 1.41 bits per heavy atom. The third-order valence-electron chi connectivity index (χ3n) is 11.1. The van der Waals surface area contributed by atoms with Crippen LogP contribution >= 0.6 is 0 Å². The Morgan fingerprint density at radius 3 is 2.08 bits per heavy atom. The van der Waals surface area contributed by atoms with Crippen LogP contribution in [0.25, 0.3) is 0 Å². The van der Waals surface area contributed by atoms with Crippen molar-refractivity contribution in [3.8, 4) is 11.5 Å². The number of nitrogens with zero attached hydrogens (tertiary/aromatic N) is 4. The number of hydrogen-bond acceptors (Lipinski definition) is 7. The molecule has 0 spiro atoms. The van der Waals surface area contributed by atoms with Gasteiger partial charge in [0.25, 0.3) is 0 Å². The minimum absolute atomic E-state index is 0.0266. The highest BCUT2D eigenvalue weighted by Gasteiger charge is 2.44. The van der Waals surface area contributed by atoms with E-state index in [1.165, 1.54) is 0 Å². The Balaban J connectivity index is 1.26. The first-order valence-corrected chi connectivity index (χ1v) is 18.2. The molecule has 6 rings (SSSR count). The number of carbonyl (C=O) groups is 4. The van der Waals surface area contributed by atoms with Crippen molar-refractivity contribution in [3.63, 3.8) is 0 Å². The normalized spacial score (nSPS) is 24.6. The standard InChI is InChI=1S/C38H51N5O6/c1-2-6-29-21-39-35(46)36(47)42(29)24-30-9-5-18-40(30)23-31(19-26-10-14-33(44)15-11-26)43-25-32(20-27-12-16-34(45)17-13-27)41(37(48)38(43)49)22-28-7-3-4-8-28/h10-17,28-32,44-45H,2-9,18-25H2,1H3,(H,39,46). The number of amides is 4. The van der Waals surface area contributed by atoms with E-state index in [2.05, 4.69) is 17.1 Å². The van der Waals surface area contributed by atoms with E-state index in [0.717, 1.165) is 69.0 Å². The molecule has 11 nitrogen and oxygen atoms in total. The summed E-state index contributed by atoms with van der Waals surface area (Å²) in [5.74, 6) is -1.23.